The van der Waals surface area contributed by atoms with Crippen LogP contribution in [-0.2, 0) is 16.9 Å². The molecule has 2 aromatic rings. The molecule has 7 nitrogen and oxygen atoms in total. The smallest absolute Gasteiger partial charge is 0.222 e. The number of nitrogens with zero attached hydrogens (tertiary/aromatic N) is 1. The summed E-state index contributed by atoms with van der Waals surface area (Å²) < 4.78 is 10.6. The van der Waals surface area contributed by atoms with Gasteiger partial charge in [0.15, 0.2) is 0 Å². The van der Waals surface area contributed by atoms with Gasteiger partial charge in [-0.1, -0.05) is 29.8 Å². The van der Waals surface area contributed by atoms with Crippen LogP contribution in [0.1, 0.15) is 23.1 Å². The molecule has 0 amide bonds. The number of halogens is 1. The Bertz CT molecular complexity index is 899. The third-order valence-electron chi connectivity index (χ3n) is 5.09. The molecule has 1 aliphatic rings. The van der Waals surface area contributed by atoms with E-state index in [4.69, 9.17) is 26.3 Å². The lowest BCUT2D eigenvalue weighted by Gasteiger charge is -2.45. The lowest BCUT2D eigenvalue weighted by atomic mass is 9.86. The van der Waals surface area contributed by atoms with Crippen molar-refractivity contribution < 1.29 is 29.9 Å². The van der Waals surface area contributed by atoms with Crippen molar-refractivity contribution in [2.45, 2.75) is 43.0 Å². The molecule has 8 heteroatoms. The molecule has 0 radical (unpaired) electrons. The first-order chi connectivity index (χ1) is 13.8. The number of rotatable bonds is 5. The van der Waals surface area contributed by atoms with Crippen molar-refractivity contribution in [1.82, 2.24) is 0 Å². The number of aliphatic hydroxyl groups excluding tert-OH is 3. The number of hydrogen-bond acceptors (Lipinski definition) is 7. The van der Waals surface area contributed by atoms with E-state index in [1.807, 2.05) is 30.3 Å². The molecule has 0 aromatic heterocycles. The van der Waals surface area contributed by atoms with Crippen LogP contribution in [0.5, 0.6) is 5.75 Å². The predicted octanol–water partition coefficient (Wildman–Crippen LogP) is 1.48. The topological polar surface area (TPSA) is 123 Å². The van der Waals surface area contributed by atoms with E-state index in [1.165, 1.54) is 6.07 Å². The Morgan fingerprint density at radius 1 is 1.14 bits per heavy atom. The summed E-state index contributed by atoms with van der Waals surface area (Å²) in [6, 6.07) is 13.8. The first-order valence-electron chi connectivity index (χ1n) is 9.03. The second-order valence-corrected chi connectivity index (χ2v) is 7.38. The fourth-order valence-corrected chi connectivity index (χ4v) is 3.58. The van der Waals surface area contributed by atoms with Gasteiger partial charge in [0.2, 0.25) is 5.79 Å². The van der Waals surface area contributed by atoms with Gasteiger partial charge in [-0.25, -0.2) is 0 Å². The normalized spacial score (nSPS) is 29.3. The molecule has 0 spiro atoms. The number of methoxy groups -OCH3 is 1. The summed E-state index contributed by atoms with van der Waals surface area (Å²) in [5.41, 5.74) is 1.77. The van der Waals surface area contributed by atoms with E-state index in [-0.39, 0.29) is 12.0 Å². The summed E-state index contributed by atoms with van der Waals surface area (Å²) in [7, 11) is 1.58. The Kier molecular flexibility index (Phi) is 6.44. The van der Waals surface area contributed by atoms with E-state index in [0.717, 1.165) is 11.3 Å². The van der Waals surface area contributed by atoms with Crippen LogP contribution < -0.4 is 4.74 Å². The fraction of sp³-hybridized carbons (Fsp3) is 0.381. The van der Waals surface area contributed by atoms with E-state index < -0.39 is 30.2 Å². The lowest BCUT2D eigenvalue weighted by Crippen LogP contribution is -2.62. The van der Waals surface area contributed by atoms with Gasteiger partial charge in [-0.05, 0) is 41.8 Å². The van der Waals surface area contributed by atoms with Gasteiger partial charge < -0.3 is 29.9 Å². The van der Waals surface area contributed by atoms with Gasteiger partial charge in [0.1, 0.15) is 30.2 Å². The van der Waals surface area contributed by atoms with Crippen LogP contribution in [-0.4, -0.2) is 52.0 Å². The monoisotopic (exact) mass is 419 g/mol. The molecule has 1 heterocycles. The van der Waals surface area contributed by atoms with Gasteiger partial charge in [-0.3, -0.25) is 0 Å². The molecule has 1 saturated heterocycles. The van der Waals surface area contributed by atoms with Crippen LogP contribution in [0.2, 0.25) is 5.02 Å². The minimum absolute atomic E-state index is 0.159. The number of aliphatic hydroxyl groups is 4. The minimum atomic E-state index is -2.31. The fourth-order valence-electron chi connectivity index (χ4n) is 3.40. The van der Waals surface area contributed by atoms with Crippen LogP contribution in [0, 0.1) is 11.3 Å². The summed E-state index contributed by atoms with van der Waals surface area (Å²) in [6.07, 6.45) is -6.00. The van der Waals surface area contributed by atoms with E-state index in [9.17, 15) is 20.4 Å². The van der Waals surface area contributed by atoms with Gasteiger partial charge in [0.05, 0.1) is 19.6 Å². The zero-order chi connectivity index (χ0) is 21.2. The number of nitriles is 1. The summed E-state index contributed by atoms with van der Waals surface area (Å²) >= 11 is 6.31. The van der Waals surface area contributed by atoms with Crippen molar-refractivity contribution in [3.63, 3.8) is 0 Å². The van der Waals surface area contributed by atoms with Crippen molar-refractivity contribution >= 4 is 11.6 Å². The molecular weight excluding hydrogens is 398 g/mol. The largest absolute Gasteiger partial charge is 0.497 e. The average Bonchev–Trinajstić information content (AvgIpc) is 2.72. The lowest BCUT2D eigenvalue weighted by molar-refractivity contribution is -0.353. The average molecular weight is 420 g/mol. The maximum Gasteiger partial charge on any atom is 0.222 e. The predicted molar refractivity (Wildman–Crippen MR) is 104 cm³/mol. The highest BCUT2D eigenvalue weighted by molar-refractivity contribution is 6.31. The second kappa shape index (κ2) is 8.67. The Hall–Kier alpha value is -2.18. The van der Waals surface area contributed by atoms with Crippen LogP contribution in [0.3, 0.4) is 0 Å². The van der Waals surface area contributed by atoms with Crippen molar-refractivity contribution in [3.05, 3.63) is 64.2 Å². The Balaban J connectivity index is 1.93. The molecule has 0 aliphatic carbocycles. The van der Waals surface area contributed by atoms with Gasteiger partial charge in [0, 0.05) is 10.6 Å². The van der Waals surface area contributed by atoms with Crippen molar-refractivity contribution in [2.75, 3.05) is 7.11 Å². The molecule has 3 rings (SSSR count). The minimum Gasteiger partial charge on any atom is -0.497 e. The molecule has 0 unspecified atom stereocenters. The molecular formula is C21H22ClNO6. The van der Waals surface area contributed by atoms with Crippen molar-refractivity contribution in [3.8, 4) is 11.8 Å². The highest BCUT2D eigenvalue weighted by Crippen LogP contribution is 2.38. The first kappa shape index (κ1) is 21.5. The second-order valence-electron chi connectivity index (χ2n) is 6.97. The van der Waals surface area contributed by atoms with Crippen LogP contribution in [0.15, 0.2) is 42.5 Å². The number of hydrogen-bond donors (Lipinski definition) is 4. The van der Waals surface area contributed by atoms with Gasteiger partial charge in [-0.15, -0.1) is 0 Å². The van der Waals surface area contributed by atoms with Crippen LogP contribution >= 0.6 is 11.6 Å². The van der Waals surface area contributed by atoms with Crippen LogP contribution in [0.25, 0.3) is 0 Å². The zero-order valence-corrected chi connectivity index (χ0v) is 16.5. The molecule has 0 saturated carbocycles. The SMILES string of the molecule is COc1ccc(Cc2cc([C@]3(O)O[C@H](CC#N)[C@@H](O)[C@H](O)[C@H]3O)ccc2Cl)cc1. The van der Waals surface area contributed by atoms with E-state index >= 15 is 0 Å². The maximum atomic E-state index is 11.0. The standard InChI is InChI=1S/C21H22ClNO6/c1-28-15-5-2-12(3-6-15)10-13-11-14(4-7-16(13)22)21(27)20(26)19(25)18(24)17(29-21)8-9-23/h2-7,11,17-20,24-27H,8,10H2,1H3/t17-,18-,19+,20-,21+/m1/s1. The Morgan fingerprint density at radius 2 is 1.83 bits per heavy atom. The molecule has 154 valence electrons. The Morgan fingerprint density at radius 3 is 2.45 bits per heavy atom. The number of benzene rings is 2. The molecule has 4 N–H and O–H groups in total. The third kappa shape index (κ3) is 4.23. The highest BCUT2D eigenvalue weighted by atomic mass is 35.5. The quantitative estimate of drug-likeness (QED) is 0.578. The number of ether oxygens (including phenoxy) is 2. The van der Waals surface area contributed by atoms with Crippen molar-refractivity contribution in [2.24, 2.45) is 0 Å². The zero-order valence-electron chi connectivity index (χ0n) is 15.7. The van der Waals surface area contributed by atoms with E-state index in [1.54, 1.807) is 19.2 Å². The van der Waals surface area contributed by atoms with Gasteiger partial charge >= 0.3 is 0 Å². The molecule has 29 heavy (non-hydrogen) atoms. The summed E-state index contributed by atoms with van der Waals surface area (Å²) in [5.74, 6) is -1.59. The molecule has 0 bridgehead atoms. The maximum absolute atomic E-state index is 11.0. The van der Waals surface area contributed by atoms with Crippen LogP contribution in [0.4, 0.5) is 0 Å². The first-order valence-corrected chi connectivity index (χ1v) is 9.41. The third-order valence-corrected chi connectivity index (χ3v) is 5.46. The van der Waals surface area contributed by atoms with E-state index in [2.05, 4.69) is 0 Å². The summed E-state index contributed by atoms with van der Waals surface area (Å²) in [4.78, 5) is 0. The van der Waals surface area contributed by atoms with Crippen molar-refractivity contribution in [1.29, 1.82) is 5.26 Å². The summed E-state index contributed by atoms with van der Waals surface area (Å²) in [5, 5.41) is 51.0. The van der Waals surface area contributed by atoms with Gasteiger partial charge in [0.25, 0.3) is 0 Å². The van der Waals surface area contributed by atoms with Gasteiger partial charge in [-0.2, -0.15) is 5.26 Å². The molecule has 1 aliphatic heterocycles. The Labute approximate surface area is 173 Å². The highest BCUT2D eigenvalue weighted by Gasteiger charge is 2.53. The molecule has 2 aromatic carbocycles. The summed E-state index contributed by atoms with van der Waals surface area (Å²) in [6.45, 7) is 0. The van der Waals surface area contributed by atoms with E-state index in [0.29, 0.717) is 17.0 Å². The molecule has 5 atom stereocenters. The molecule has 1 fully saturated rings.